The zero-order chi connectivity index (χ0) is 34.6. The number of hydrogen-bond acceptors (Lipinski definition) is 1. The number of hydrogen-bond donors (Lipinski definition) is 0. The van der Waals surface area contributed by atoms with Crippen molar-refractivity contribution in [2.75, 3.05) is 0 Å². The molecule has 0 radical (unpaired) electrons. The second kappa shape index (κ2) is 11.1. The van der Waals surface area contributed by atoms with E-state index < -0.39 is 0 Å². The number of rotatable bonds is 3. The number of benzene rings is 8. The second-order valence-electron chi connectivity index (χ2n) is 15.1. The minimum atomic E-state index is -0.0778. The van der Waals surface area contributed by atoms with Gasteiger partial charge in [0, 0.05) is 25.6 Å². The predicted molar refractivity (Wildman–Crippen MR) is 227 cm³/mol. The molecule has 0 aliphatic heterocycles. The van der Waals surface area contributed by atoms with Gasteiger partial charge in [0.05, 0.1) is 0 Å². The maximum atomic E-state index is 2.49. The first kappa shape index (κ1) is 29.9. The molecule has 2 aliphatic carbocycles. The summed E-state index contributed by atoms with van der Waals surface area (Å²) in [5.41, 5.74) is 13.5. The molecule has 246 valence electrons. The smallest absolute Gasteiger partial charge is 0.0361 e. The monoisotopic (exact) mass is 680 g/mol. The van der Waals surface area contributed by atoms with E-state index in [2.05, 4.69) is 172 Å². The van der Waals surface area contributed by atoms with Crippen molar-refractivity contribution in [1.82, 2.24) is 0 Å². The Morgan fingerprint density at radius 1 is 0.462 bits per heavy atom. The molecule has 1 heterocycles. The predicted octanol–water partition coefficient (Wildman–Crippen LogP) is 14.9. The van der Waals surface area contributed by atoms with E-state index >= 15 is 0 Å². The lowest BCUT2D eigenvalue weighted by atomic mass is 9.81. The van der Waals surface area contributed by atoms with Crippen molar-refractivity contribution >= 4 is 69.4 Å². The van der Waals surface area contributed by atoms with Crippen LogP contribution in [0, 0.1) is 0 Å². The van der Waals surface area contributed by atoms with Gasteiger partial charge in [0.15, 0.2) is 0 Å². The standard InChI is InChI=1S/C51H36S/c1-51(2)45-27-24-32(28-42(45)43-30-48-44(29-46(43)51)36-18-12-13-23-47(36)52-48)49-37-19-8-10-21-39(37)50(40-22-11-9-20-38(40)49)41-26-25-33(31-14-4-3-5-15-31)34-16-6-7-17-35(34)41/h3-4,6-14,16-30H,5,15H2,1-2H3. The third-order valence-corrected chi connectivity index (χ3v) is 13.1. The number of fused-ring (bicyclic) bond motifs is 9. The Morgan fingerprint density at radius 2 is 1.06 bits per heavy atom. The van der Waals surface area contributed by atoms with Gasteiger partial charge >= 0.3 is 0 Å². The van der Waals surface area contributed by atoms with Crippen molar-refractivity contribution in [2.45, 2.75) is 32.1 Å². The van der Waals surface area contributed by atoms with Crippen LogP contribution in [0.3, 0.4) is 0 Å². The Morgan fingerprint density at radius 3 is 1.75 bits per heavy atom. The quantitative estimate of drug-likeness (QED) is 0.163. The van der Waals surface area contributed by atoms with Crippen molar-refractivity contribution in [3.8, 4) is 33.4 Å². The molecule has 0 unspecified atom stereocenters. The summed E-state index contributed by atoms with van der Waals surface area (Å²) in [6, 6.07) is 53.0. The summed E-state index contributed by atoms with van der Waals surface area (Å²) in [5, 5.41) is 10.5. The molecule has 0 saturated carbocycles. The number of thiophene rings is 1. The van der Waals surface area contributed by atoms with Crippen molar-refractivity contribution in [3.05, 3.63) is 174 Å². The van der Waals surface area contributed by atoms with Crippen LogP contribution >= 0.6 is 11.3 Å². The molecule has 0 amide bonds. The first-order chi connectivity index (χ1) is 25.6. The van der Waals surface area contributed by atoms with Crippen molar-refractivity contribution in [1.29, 1.82) is 0 Å². The van der Waals surface area contributed by atoms with E-state index in [0.717, 1.165) is 12.8 Å². The minimum Gasteiger partial charge on any atom is -0.135 e. The van der Waals surface area contributed by atoms with Crippen LogP contribution in [0.2, 0.25) is 0 Å². The summed E-state index contributed by atoms with van der Waals surface area (Å²) >= 11 is 1.91. The van der Waals surface area contributed by atoms with Gasteiger partial charge in [-0.2, -0.15) is 0 Å². The SMILES string of the molecule is CC1(C)c2ccc(-c3c4ccccc4c(-c4ccc(C5=CC=CCC5)c5ccccc45)c4ccccc34)cc2-c2cc3sc4ccccc4c3cc21. The molecule has 0 spiro atoms. The van der Waals surface area contributed by atoms with E-state index in [1.54, 1.807) is 0 Å². The molecule has 2 aliphatic rings. The minimum absolute atomic E-state index is 0.0778. The third kappa shape index (κ3) is 4.21. The van der Waals surface area contributed by atoms with Gasteiger partial charge in [-0.1, -0.05) is 147 Å². The van der Waals surface area contributed by atoms with Gasteiger partial charge in [-0.25, -0.2) is 0 Å². The molecule has 52 heavy (non-hydrogen) atoms. The topological polar surface area (TPSA) is 0 Å². The molecule has 9 aromatic rings. The van der Waals surface area contributed by atoms with Gasteiger partial charge in [-0.15, -0.1) is 11.3 Å². The summed E-state index contributed by atoms with van der Waals surface area (Å²) in [6.45, 7) is 4.79. The fourth-order valence-electron chi connectivity index (χ4n) is 9.48. The molecule has 0 fully saturated rings. The van der Waals surface area contributed by atoms with Gasteiger partial charge in [0.1, 0.15) is 0 Å². The van der Waals surface area contributed by atoms with E-state index in [-0.39, 0.29) is 5.41 Å². The van der Waals surface area contributed by atoms with Crippen molar-refractivity contribution < 1.29 is 0 Å². The highest BCUT2D eigenvalue weighted by Crippen LogP contribution is 2.54. The average molecular weight is 681 g/mol. The zero-order valence-electron chi connectivity index (χ0n) is 29.3. The Hall–Kier alpha value is -5.76. The Labute approximate surface area is 308 Å². The van der Waals surface area contributed by atoms with E-state index in [1.807, 2.05) is 11.3 Å². The maximum Gasteiger partial charge on any atom is 0.0361 e. The first-order valence-electron chi connectivity index (χ1n) is 18.5. The van der Waals surface area contributed by atoms with Crippen LogP contribution in [-0.2, 0) is 5.41 Å². The molecule has 0 saturated heterocycles. The van der Waals surface area contributed by atoms with E-state index in [9.17, 15) is 0 Å². The fourth-order valence-corrected chi connectivity index (χ4v) is 10.6. The Balaban J connectivity index is 1.16. The fraction of sp³-hybridized carbons (Fsp3) is 0.0980. The highest BCUT2D eigenvalue weighted by atomic mass is 32.1. The third-order valence-electron chi connectivity index (χ3n) is 11.9. The summed E-state index contributed by atoms with van der Waals surface area (Å²) < 4.78 is 2.72. The molecule has 1 aromatic heterocycles. The molecule has 11 rings (SSSR count). The molecule has 0 N–H and O–H groups in total. The van der Waals surface area contributed by atoms with E-state index in [4.69, 9.17) is 0 Å². The highest BCUT2D eigenvalue weighted by Gasteiger charge is 2.36. The molecule has 0 nitrogen and oxygen atoms in total. The molecular weight excluding hydrogens is 645 g/mol. The van der Waals surface area contributed by atoms with E-state index in [1.165, 1.54) is 108 Å². The molecule has 0 atom stereocenters. The van der Waals surface area contributed by atoms with Crippen LogP contribution < -0.4 is 0 Å². The summed E-state index contributed by atoms with van der Waals surface area (Å²) in [6.07, 6.45) is 8.96. The van der Waals surface area contributed by atoms with Gasteiger partial charge in [0.25, 0.3) is 0 Å². The summed E-state index contributed by atoms with van der Waals surface area (Å²) in [4.78, 5) is 0. The maximum absolute atomic E-state index is 2.49. The molecule has 1 heteroatoms. The van der Waals surface area contributed by atoms with Gasteiger partial charge in [-0.05, 0) is 125 Å². The molecular formula is C51H36S. The van der Waals surface area contributed by atoms with Crippen LogP contribution in [0.25, 0.3) is 91.4 Å². The lowest BCUT2D eigenvalue weighted by Gasteiger charge is -2.22. The average Bonchev–Trinajstić information content (AvgIpc) is 3.66. The first-order valence-corrected chi connectivity index (χ1v) is 19.3. The summed E-state index contributed by atoms with van der Waals surface area (Å²) in [7, 11) is 0. The van der Waals surface area contributed by atoms with Crippen LogP contribution in [0.1, 0.15) is 43.4 Å². The number of allylic oxidation sites excluding steroid dienone is 4. The lowest BCUT2D eigenvalue weighted by Crippen LogP contribution is -2.14. The Bertz CT molecular complexity index is 2980. The van der Waals surface area contributed by atoms with Gasteiger partial charge in [0.2, 0.25) is 0 Å². The highest BCUT2D eigenvalue weighted by molar-refractivity contribution is 7.25. The van der Waals surface area contributed by atoms with Crippen molar-refractivity contribution in [3.63, 3.8) is 0 Å². The van der Waals surface area contributed by atoms with Crippen LogP contribution in [0.15, 0.2) is 158 Å². The molecule has 0 bridgehead atoms. The van der Waals surface area contributed by atoms with E-state index in [0.29, 0.717) is 0 Å². The van der Waals surface area contributed by atoms with Gasteiger partial charge < -0.3 is 0 Å². The van der Waals surface area contributed by atoms with Crippen molar-refractivity contribution in [2.24, 2.45) is 0 Å². The van der Waals surface area contributed by atoms with Gasteiger partial charge in [-0.3, -0.25) is 0 Å². The lowest BCUT2D eigenvalue weighted by molar-refractivity contribution is 0.661. The largest absolute Gasteiger partial charge is 0.135 e. The second-order valence-corrected chi connectivity index (χ2v) is 16.2. The normalized spacial score (nSPS) is 14.8. The van der Waals surface area contributed by atoms with Crippen LogP contribution in [0.5, 0.6) is 0 Å². The zero-order valence-corrected chi connectivity index (χ0v) is 30.2. The Kier molecular flexibility index (Phi) is 6.40. The van der Waals surface area contributed by atoms with Crippen LogP contribution in [0.4, 0.5) is 0 Å². The van der Waals surface area contributed by atoms with Crippen LogP contribution in [-0.4, -0.2) is 0 Å². The summed E-state index contributed by atoms with van der Waals surface area (Å²) in [5.74, 6) is 0. The molecule has 8 aromatic carbocycles.